The van der Waals surface area contributed by atoms with Gasteiger partial charge in [0.25, 0.3) is 11.5 Å². The van der Waals surface area contributed by atoms with Crippen molar-refractivity contribution >= 4 is 28.1 Å². The average molecular weight is 440 g/mol. The van der Waals surface area contributed by atoms with Crippen molar-refractivity contribution < 1.29 is 4.79 Å². The Bertz CT molecular complexity index is 1570. The second-order valence-electron chi connectivity index (χ2n) is 7.68. The topological polar surface area (TPSA) is 133 Å². The van der Waals surface area contributed by atoms with Gasteiger partial charge in [0.2, 0.25) is 0 Å². The van der Waals surface area contributed by atoms with Gasteiger partial charge in [0.05, 0.1) is 28.8 Å². The Balaban J connectivity index is 1.64. The second-order valence-corrected chi connectivity index (χ2v) is 7.68. The first-order chi connectivity index (χ1) is 16.0. The molecule has 0 saturated carbocycles. The van der Waals surface area contributed by atoms with Crippen molar-refractivity contribution in [2.24, 2.45) is 0 Å². The van der Waals surface area contributed by atoms with Crippen LogP contribution < -0.4 is 16.6 Å². The molecule has 3 heterocycles. The van der Waals surface area contributed by atoms with Crippen molar-refractivity contribution in [2.75, 3.05) is 5.73 Å². The summed E-state index contributed by atoms with van der Waals surface area (Å²) in [6, 6.07) is 14.1. The molecule has 3 aromatic heterocycles. The number of hydrogen-bond donors (Lipinski definition) is 2. The number of rotatable bonds is 4. The average Bonchev–Trinajstić information content (AvgIpc) is 3.15. The number of anilines is 1. The van der Waals surface area contributed by atoms with E-state index in [2.05, 4.69) is 20.6 Å². The van der Waals surface area contributed by atoms with E-state index >= 15 is 0 Å². The van der Waals surface area contributed by atoms with Crippen LogP contribution >= 0.6 is 0 Å². The fourth-order valence-electron chi connectivity index (χ4n) is 3.94. The third-order valence-corrected chi connectivity index (χ3v) is 5.49. The molecule has 0 fully saturated rings. The van der Waals surface area contributed by atoms with Crippen LogP contribution in [0.15, 0.2) is 65.8 Å². The zero-order chi connectivity index (χ0) is 23.1. The summed E-state index contributed by atoms with van der Waals surface area (Å²) in [5.41, 5.74) is 8.44. The van der Waals surface area contributed by atoms with E-state index < -0.39 is 11.9 Å². The van der Waals surface area contributed by atoms with Crippen LogP contribution in [0.25, 0.3) is 22.1 Å². The molecule has 0 aliphatic rings. The molecular weight excluding hydrogens is 420 g/mol. The molecule has 2 aromatic carbocycles. The summed E-state index contributed by atoms with van der Waals surface area (Å²) in [7, 11) is 0. The number of hydrogen-bond acceptors (Lipinski definition) is 7. The van der Waals surface area contributed by atoms with Crippen molar-refractivity contribution in [1.29, 1.82) is 0 Å². The van der Waals surface area contributed by atoms with Crippen LogP contribution in [0.2, 0.25) is 0 Å². The summed E-state index contributed by atoms with van der Waals surface area (Å²) < 4.78 is 2.92. The molecule has 1 amide bonds. The molecule has 0 aliphatic carbocycles. The highest BCUT2D eigenvalue weighted by Crippen LogP contribution is 2.22. The van der Waals surface area contributed by atoms with Crippen molar-refractivity contribution in [3.63, 3.8) is 0 Å². The number of benzene rings is 2. The first-order valence-electron chi connectivity index (χ1n) is 10.3. The Morgan fingerprint density at radius 3 is 2.67 bits per heavy atom. The third-order valence-electron chi connectivity index (χ3n) is 5.49. The minimum Gasteiger partial charge on any atom is -0.382 e. The van der Waals surface area contributed by atoms with Crippen LogP contribution in [0, 0.1) is 6.92 Å². The molecular formula is C23H20N8O2. The highest BCUT2D eigenvalue weighted by atomic mass is 16.2. The van der Waals surface area contributed by atoms with Gasteiger partial charge in [0.15, 0.2) is 5.82 Å². The summed E-state index contributed by atoms with van der Waals surface area (Å²) in [4.78, 5) is 31.5. The summed E-state index contributed by atoms with van der Waals surface area (Å²) in [6.07, 6.45) is 2.78. The summed E-state index contributed by atoms with van der Waals surface area (Å²) in [6.45, 7) is 3.64. The number of nitrogen functional groups attached to an aromatic ring is 1. The van der Waals surface area contributed by atoms with E-state index in [9.17, 15) is 9.59 Å². The van der Waals surface area contributed by atoms with Gasteiger partial charge in [-0.15, -0.1) is 10.2 Å². The summed E-state index contributed by atoms with van der Waals surface area (Å²) in [5, 5.41) is 15.1. The molecule has 10 heteroatoms. The maximum atomic E-state index is 13.6. The van der Waals surface area contributed by atoms with Gasteiger partial charge in [-0.2, -0.15) is 5.10 Å². The van der Waals surface area contributed by atoms with Gasteiger partial charge in [0.1, 0.15) is 23.2 Å². The Morgan fingerprint density at radius 1 is 1.09 bits per heavy atom. The zero-order valence-electron chi connectivity index (χ0n) is 17.9. The van der Waals surface area contributed by atoms with Gasteiger partial charge in [-0.25, -0.2) is 9.50 Å². The molecule has 1 atom stereocenters. The van der Waals surface area contributed by atoms with Gasteiger partial charge >= 0.3 is 0 Å². The van der Waals surface area contributed by atoms with E-state index in [-0.39, 0.29) is 16.9 Å². The van der Waals surface area contributed by atoms with Crippen molar-refractivity contribution in [1.82, 2.24) is 34.7 Å². The van der Waals surface area contributed by atoms with Crippen LogP contribution in [-0.4, -0.2) is 35.3 Å². The second kappa shape index (κ2) is 7.83. The van der Waals surface area contributed by atoms with Crippen LogP contribution in [0.5, 0.6) is 0 Å². The number of fused-ring (bicyclic) bond motifs is 2. The number of para-hydroxylation sites is 1. The van der Waals surface area contributed by atoms with Crippen LogP contribution in [0.1, 0.15) is 34.7 Å². The quantitative estimate of drug-likeness (QED) is 0.438. The van der Waals surface area contributed by atoms with Gasteiger partial charge in [0, 0.05) is 0 Å². The van der Waals surface area contributed by atoms with E-state index in [1.54, 1.807) is 13.0 Å². The highest BCUT2D eigenvalue weighted by Gasteiger charge is 2.24. The maximum absolute atomic E-state index is 13.6. The predicted octanol–water partition coefficient (Wildman–Crippen LogP) is 2.21. The molecule has 0 unspecified atom stereocenters. The van der Waals surface area contributed by atoms with Gasteiger partial charge in [-0.05, 0) is 37.6 Å². The fourth-order valence-corrected chi connectivity index (χ4v) is 3.94. The Labute approximate surface area is 187 Å². The molecule has 0 spiro atoms. The number of aromatic nitrogens is 6. The summed E-state index contributed by atoms with van der Waals surface area (Å²) >= 11 is 0. The smallest absolute Gasteiger partial charge is 0.266 e. The Hall–Kier alpha value is -4.60. The van der Waals surface area contributed by atoms with Crippen molar-refractivity contribution in [2.45, 2.75) is 19.9 Å². The Kier molecular flexibility index (Phi) is 4.82. The van der Waals surface area contributed by atoms with E-state index in [1.807, 2.05) is 49.4 Å². The molecule has 5 aromatic rings. The molecule has 33 heavy (non-hydrogen) atoms. The first kappa shape index (κ1) is 20.3. The largest absolute Gasteiger partial charge is 0.382 e. The highest BCUT2D eigenvalue weighted by molar-refractivity contribution is 6.05. The number of carbonyl (C=O) groups excluding carboxylic acids is 1. The van der Waals surface area contributed by atoms with E-state index in [0.717, 1.165) is 5.56 Å². The molecule has 5 rings (SSSR count). The van der Waals surface area contributed by atoms with E-state index in [1.165, 1.54) is 21.6 Å². The SMILES string of the molecule is Cc1cccc2nc([C@H](C)NC(=O)c3c(N)nn4cnncc34)n(-c3ccccc3)c(=O)c12. The number of carbonyl (C=O) groups is 1. The first-order valence-corrected chi connectivity index (χ1v) is 10.3. The van der Waals surface area contributed by atoms with Gasteiger partial charge in [-0.1, -0.05) is 30.3 Å². The Morgan fingerprint density at radius 2 is 1.88 bits per heavy atom. The van der Waals surface area contributed by atoms with E-state index in [0.29, 0.717) is 27.9 Å². The number of aryl methyl sites for hydroxylation is 1. The number of nitrogens with zero attached hydrogens (tertiary/aromatic N) is 6. The number of amides is 1. The molecule has 0 aliphatic heterocycles. The van der Waals surface area contributed by atoms with Crippen LogP contribution in [0.3, 0.4) is 0 Å². The lowest BCUT2D eigenvalue weighted by molar-refractivity contribution is 0.0940. The number of nitrogens with two attached hydrogens (primary N) is 1. The normalized spacial score (nSPS) is 12.2. The molecule has 3 N–H and O–H groups in total. The fraction of sp³-hybridized carbons (Fsp3) is 0.130. The van der Waals surface area contributed by atoms with Crippen molar-refractivity contribution in [3.05, 3.63) is 88.4 Å². The minimum atomic E-state index is -0.625. The molecule has 0 saturated heterocycles. The number of nitrogens with one attached hydrogen (secondary N) is 1. The lowest BCUT2D eigenvalue weighted by Crippen LogP contribution is -2.33. The third kappa shape index (κ3) is 3.37. The van der Waals surface area contributed by atoms with Crippen LogP contribution in [0.4, 0.5) is 5.82 Å². The van der Waals surface area contributed by atoms with Gasteiger partial charge < -0.3 is 11.1 Å². The van der Waals surface area contributed by atoms with Crippen LogP contribution in [-0.2, 0) is 0 Å². The monoisotopic (exact) mass is 440 g/mol. The van der Waals surface area contributed by atoms with Crippen molar-refractivity contribution in [3.8, 4) is 5.69 Å². The standard InChI is InChI=1S/C23H20N8O2/c1-13-7-6-10-16-18(13)23(33)31(15-8-4-3-5-9-15)21(28-16)14(2)27-22(32)19-17-11-25-26-12-30(17)29-20(19)24/h3-12,14H,1-2H3,(H2,24,29)(H,27,32)/t14-/m0/s1. The lowest BCUT2D eigenvalue weighted by Gasteiger charge is -2.20. The maximum Gasteiger partial charge on any atom is 0.266 e. The lowest BCUT2D eigenvalue weighted by atomic mass is 10.1. The van der Waals surface area contributed by atoms with Gasteiger partial charge in [-0.3, -0.25) is 14.2 Å². The molecule has 0 radical (unpaired) electrons. The molecule has 0 bridgehead atoms. The van der Waals surface area contributed by atoms with E-state index in [4.69, 9.17) is 10.7 Å². The predicted molar refractivity (Wildman–Crippen MR) is 123 cm³/mol. The summed E-state index contributed by atoms with van der Waals surface area (Å²) in [5.74, 6) is -0.00858. The molecule has 164 valence electrons. The zero-order valence-corrected chi connectivity index (χ0v) is 17.9. The minimum absolute atomic E-state index is 0.0528. The molecule has 10 nitrogen and oxygen atoms in total.